The Balaban J connectivity index is 1.68. The lowest BCUT2D eigenvalue weighted by atomic mass is 10.1. The van der Waals surface area contributed by atoms with Crippen LogP contribution in [0.25, 0.3) is 0 Å². The predicted octanol–water partition coefficient (Wildman–Crippen LogP) is 2.59. The third-order valence-electron chi connectivity index (χ3n) is 3.95. The molecule has 1 heterocycles. The fraction of sp³-hybridized carbons (Fsp3) is 0.600. The average Bonchev–Trinajstić information content (AvgIpc) is 3.12. The maximum Gasteiger partial charge on any atom is 0.0372 e. The Hall–Kier alpha value is -1.02. The molecule has 1 aliphatic carbocycles. The van der Waals surface area contributed by atoms with Gasteiger partial charge in [-0.15, -0.1) is 0 Å². The van der Waals surface area contributed by atoms with Crippen LogP contribution in [-0.2, 0) is 0 Å². The van der Waals surface area contributed by atoms with Crippen LogP contribution in [0.4, 0.5) is 5.69 Å². The summed E-state index contributed by atoms with van der Waals surface area (Å²) in [5, 5.41) is 0. The molecular weight excluding hydrogens is 208 g/mol. The number of nitrogens with zero attached hydrogens (tertiary/aromatic N) is 2. The highest BCUT2D eigenvalue weighted by atomic mass is 15.3. The van der Waals surface area contributed by atoms with E-state index >= 15 is 0 Å². The van der Waals surface area contributed by atoms with Gasteiger partial charge in [-0.25, -0.2) is 0 Å². The fourth-order valence-electron chi connectivity index (χ4n) is 2.92. The third-order valence-corrected chi connectivity index (χ3v) is 3.95. The van der Waals surface area contributed by atoms with Crippen molar-refractivity contribution in [3.05, 3.63) is 29.3 Å². The second kappa shape index (κ2) is 4.34. The Morgan fingerprint density at radius 3 is 2.00 bits per heavy atom. The van der Waals surface area contributed by atoms with Crippen molar-refractivity contribution in [1.82, 2.24) is 4.90 Å². The zero-order chi connectivity index (χ0) is 11.8. The lowest BCUT2D eigenvalue weighted by molar-refractivity contribution is 0.248. The lowest BCUT2D eigenvalue weighted by Crippen LogP contribution is -2.47. The van der Waals surface area contributed by atoms with Crippen molar-refractivity contribution < 1.29 is 0 Å². The standard InChI is InChI=1S/C15H22N2/c1-12-9-13(2)11-15(10-12)17-7-5-16(6-8-17)14-3-4-14/h9-11,14H,3-8H2,1-2H3. The van der Waals surface area contributed by atoms with E-state index in [-0.39, 0.29) is 0 Å². The summed E-state index contributed by atoms with van der Waals surface area (Å²) < 4.78 is 0. The van der Waals surface area contributed by atoms with Gasteiger partial charge in [0, 0.05) is 37.9 Å². The van der Waals surface area contributed by atoms with Gasteiger partial charge in [-0.3, -0.25) is 4.90 Å². The summed E-state index contributed by atoms with van der Waals surface area (Å²) in [6, 6.07) is 7.82. The molecule has 2 heteroatoms. The molecule has 0 radical (unpaired) electrons. The summed E-state index contributed by atoms with van der Waals surface area (Å²) in [6.45, 7) is 9.27. The highest BCUT2D eigenvalue weighted by Gasteiger charge is 2.31. The van der Waals surface area contributed by atoms with Crippen LogP contribution in [0.3, 0.4) is 0 Å². The maximum atomic E-state index is 2.67. The van der Waals surface area contributed by atoms with Gasteiger partial charge in [0.1, 0.15) is 0 Å². The first-order valence-electron chi connectivity index (χ1n) is 6.80. The average molecular weight is 230 g/mol. The van der Waals surface area contributed by atoms with Crippen LogP contribution >= 0.6 is 0 Å². The molecule has 1 aromatic carbocycles. The molecule has 17 heavy (non-hydrogen) atoms. The van der Waals surface area contributed by atoms with Crippen molar-refractivity contribution >= 4 is 5.69 Å². The molecule has 1 aliphatic heterocycles. The molecular formula is C15H22N2. The van der Waals surface area contributed by atoms with Gasteiger partial charge in [-0.05, 0) is 49.9 Å². The second-order valence-corrected chi connectivity index (χ2v) is 5.60. The number of anilines is 1. The monoisotopic (exact) mass is 230 g/mol. The first kappa shape index (κ1) is 11.1. The summed E-state index contributed by atoms with van der Waals surface area (Å²) in [6.07, 6.45) is 2.87. The summed E-state index contributed by atoms with van der Waals surface area (Å²) in [7, 11) is 0. The molecule has 0 bridgehead atoms. The smallest absolute Gasteiger partial charge is 0.0372 e. The maximum absolute atomic E-state index is 2.67. The van der Waals surface area contributed by atoms with Gasteiger partial charge < -0.3 is 4.90 Å². The molecule has 92 valence electrons. The molecule has 2 aliphatic rings. The van der Waals surface area contributed by atoms with E-state index in [9.17, 15) is 0 Å². The van der Waals surface area contributed by atoms with Crippen molar-refractivity contribution in [2.45, 2.75) is 32.7 Å². The van der Waals surface area contributed by atoms with Crippen LogP contribution in [0.15, 0.2) is 18.2 Å². The van der Waals surface area contributed by atoms with Gasteiger partial charge in [0.05, 0.1) is 0 Å². The Morgan fingerprint density at radius 1 is 0.882 bits per heavy atom. The van der Waals surface area contributed by atoms with E-state index in [1.54, 1.807) is 0 Å². The highest BCUT2D eigenvalue weighted by molar-refractivity contribution is 5.51. The van der Waals surface area contributed by atoms with E-state index in [0.29, 0.717) is 0 Å². The van der Waals surface area contributed by atoms with Crippen molar-refractivity contribution in [1.29, 1.82) is 0 Å². The number of rotatable bonds is 2. The number of hydrogen-bond donors (Lipinski definition) is 0. The Morgan fingerprint density at radius 2 is 1.47 bits per heavy atom. The quantitative estimate of drug-likeness (QED) is 0.770. The molecule has 1 saturated carbocycles. The minimum atomic E-state index is 0.927. The molecule has 0 spiro atoms. The van der Waals surface area contributed by atoms with Crippen LogP contribution in [0, 0.1) is 13.8 Å². The number of hydrogen-bond acceptors (Lipinski definition) is 2. The predicted molar refractivity (Wildman–Crippen MR) is 72.7 cm³/mol. The molecule has 0 N–H and O–H groups in total. The third kappa shape index (κ3) is 2.47. The Labute approximate surface area is 104 Å². The first-order chi connectivity index (χ1) is 8.22. The van der Waals surface area contributed by atoms with Crippen LogP contribution in [0.2, 0.25) is 0 Å². The lowest BCUT2D eigenvalue weighted by Gasteiger charge is -2.36. The van der Waals surface area contributed by atoms with Gasteiger partial charge in [-0.1, -0.05) is 6.07 Å². The van der Waals surface area contributed by atoms with E-state index in [0.717, 1.165) is 6.04 Å². The Kier molecular flexibility index (Phi) is 2.83. The summed E-state index contributed by atoms with van der Waals surface area (Å²) >= 11 is 0. The zero-order valence-electron chi connectivity index (χ0n) is 10.9. The second-order valence-electron chi connectivity index (χ2n) is 5.60. The first-order valence-corrected chi connectivity index (χ1v) is 6.80. The van der Waals surface area contributed by atoms with Crippen LogP contribution in [0.5, 0.6) is 0 Å². The van der Waals surface area contributed by atoms with Crippen molar-refractivity contribution in [2.75, 3.05) is 31.1 Å². The van der Waals surface area contributed by atoms with Gasteiger partial charge in [0.25, 0.3) is 0 Å². The molecule has 1 saturated heterocycles. The van der Waals surface area contributed by atoms with Crippen LogP contribution in [-0.4, -0.2) is 37.1 Å². The minimum absolute atomic E-state index is 0.927. The van der Waals surface area contributed by atoms with Crippen molar-refractivity contribution in [3.8, 4) is 0 Å². The van der Waals surface area contributed by atoms with E-state index < -0.39 is 0 Å². The summed E-state index contributed by atoms with van der Waals surface area (Å²) in [5.74, 6) is 0. The number of benzene rings is 1. The normalized spacial score (nSPS) is 21.9. The van der Waals surface area contributed by atoms with Gasteiger partial charge in [0.15, 0.2) is 0 Å². The van der Waals surface area contributed by atoms with E-state index in [1.807, 2.05) is 0 Å². The topological polar surface area (TPSA) is 6.48 Å². The van der Waals surface area contributed by atoms with Crippen molar-refractivity contribution in [2.24, 2.45) is 0 Å². The molecule has 1 aromatic rings. The van der Waals surface area contributed by atoms with Crippen LogP contribution < -0.4 is 4.90 Å². The molecule has 2 fully saturated rings. The molecule has 0 unspecified atom stereocenters. The molecule has 0 aromatic heterocycles. The SMILES string of the molecule is Cc1cc(C)cc(N2CCN(C3CC3)CC2)c1. The number of aryl methyl sites for hydroxylation is 2. The summed E-state index contributed by atoms with van der Waals surface area (Å²) in [5.41, 5.74) is 4.17. The zero-order valence-corrected chi connectivity index (χ0v) is 10.9. The largest absolute Gasteiger partial charge is 0.369 e. The molecule has 0 amide bonds. The summed E-state index contributed by atoms with van der Waals surface area (Å²) in [4.78, 5) is 5.21. The van der Waals surface area contributed by atoms with Crippen LogP contribution in [0.1, 0.15) is 24.0 Å². The fourth-order valence-corrected chi connectivity index (χ4v) is 2.92. The molecule has 3 rings (SSSR count). The molecule has 2 nitrogen and oxygen atoms in total. The van der Waals surface area contributed by atoms with Crippen molar-refractivity contribution in [3.63, 3.8) is 0 Å². The van der Waals surface area contributed by atoms with E-state index in [1.165, 1.54) is 55.8 Å². The highest BCUT2D eigenvalue weighted by Crippen LogP contribution is 2.28. The Bertz CT molecular complexity index is 381. The van der Waals surface area contributed by atoms with Gasteiger partial charge >= 0.3 is 0 Å². The van der Waals surface area contributed by atoms with Gasteiger partial charge in [-0.2, -0.15) is 0 Å². The van der Waals surface area contributed by atoms with E-state index in [2.05, 4.69) is 41.8 Å². The van der Waals surface area contributed by atoms with E-state index in [4.69, 9.17) is 0 Å². The minimum Gasteiger partial charge on any atom is -0.369 e. The number of piperazine rings is 1. The van der Waals surface area contributed by atoms with Gasteiger partial charge in [0.2, 0.25) is 0 Å². The molecule has 0 atom stereocenters.